The minimum absolute atomic E-state index is 0.506. The zero-order valence-corrected chi connectivity index (χ0v) is 14.1. The highest BCUT2D eigenvalue weighted by Gasteiger charge is 2.30. The molecule has 1 fully saturated rings. The summed E-state index contributed by atoms with van der Waals surface area (Å²) >= 11 is 7.52. The molecule has 0 unspecified atom stereocenters. The molecular weight excluding hydrogens is 332 g/mol. The van der Waals surface area contributed by atoms with E-state index in [0.29, 0.717) is 28.5 Å². The van der Waals surface area contributed by atoms with Gasteiger partial charge in [-0.15, -0.1) is 0 Å². The maximum atomic E-state index is 5.89. The summed E-state index contributed by atoms with van der Waals surface area (Å²) in [6.07, 6.45) is 3.82. The summed E-state index contributed by atoms with van der Waals surface area (Å²) in [4.78, 5) is 9.23. The Bertz CT molecular complexity index is 715. The first-order valence-electron chi connectivity index (χ1n) is 7.81. The van der Waals surface area contributed by atoms with Crippen LogP contribution in [0.25, 0.3) is 11.4 Å². The summed E-state index contributed by atoms with van der Waals surface area (Å²) in [6.45, 7) is 1.04. The van der Waals surface area contributed by atoms with Gasteiger partial charge in [0.1, 0.15) is 0 Å². The zero-order valence-electron chi connectivity index (χ0n) is 12.5. The standard InChI is InChI=1S/C16H17ClN4OS/c17-12-6-4-10(5-7-12)15-20-14(22-21-15)9-23-16-18-8-11-2-1-3-13(11)19-16/h4-7,11,13H,1-3,8-9H2,(H,18,19)/t11-,13-/m1/s1. The molecule has 1 N–H and O–H groups in total. The fraction of sp³-hybridized carbons (Fsp3) is 0.438. The Balaban J connectivity index is 1.39. The molecular formula is C16H17ClN4OS. The van der Waals surface area contributed by atoms with Crippen molar-refractivity contribution in [3.63, 3.8) is 0 Å². The van der Waals surface area contributed by atoms with Gasteiger partial charge in [0.05, 0.1) is 11.8 Å². The first-order valence-corrected chi connectivity index (χ1v) is 9.17. The number of aliphatic imine (C=N–C) groups is 1. The molecule has 7 heteroatoms. The third-order valence-corrected chi connectivity index (χ3v) is 5.49. The second-order valence-corrected chi connectivity index (χ2v) is 7.28. The van der Waals surface area contributed by atoms with Crippen LogP contribution in [0.2, 0.25) is 5.02 Å². The predicted octanol–water partition coefficient (Wildman–Crippen LogP) is 3.75. The molecule has 1 aliphatic heterocycles. The Morgan fingerprint density at radius 1 is 1.26 bits per heavy atom. The summed E-state index contributed by atoms with van der Waals surface area (Å²) in [5, 5.41) is 9.14. The van der Waals surface area contributed by atoms with E-state index in [1.165, 1.54) is 19.3 Å². The summed E-state index contributed by atoms with van der Waals surface area (Å²) in [6, 6.07) is 7.92. The average molecular weight is 349 g/mol. The quantitative estimate of drug-likeness (QED) is 0.915. The van der Waals surface area contributed by atoms with Crippen molar-refractivity contribution in [2.24, 2.45) is 10.9 Å². The molecule has 1 saturated carbocycles. The maximum Gasteiger partial charge on any atom is 0.237 e. The van der Waals surface area contributed by atoms with Gasteiger partial charge >= 0.3 is 0 Å². The van der Waals surface area contributed by atoms with Gasteiger partial charge in [-0.3, -0.25) is 4.99 Å². The average Bonchev–Trinajstić information content (AvgIpc) is 3.22. The maximum absolute atomic E-state index is 5.89. The zero-order chi connectivity index (χ0) is 15.6. The van der Waals surface area contributed by atoms with E-state index in [2.05, 4.69) is 15.5 Å². The van der Waals surface area contributed by atoms with Crippen molar-refractivity contribution in [1.29, 1.82) is 0 Å². The van der Waals surface area contributed by atoms with Crippen LogP contribution in [0.15, 0.2) is 33.8 Å². The first-order chi connectivity index (χ1) is 11.3. The lowest BCUT2D eigenvalue weighted by Gasteiger charge is -2.24. The number of fused-ring (bicyclic) bond motifs is 1. The Morgan fingerprint density at radius 2 is 2.13 bits per heavy atom. The van der Waals surface area contributed by atoms with Crippen LogP contribution in [-0.4, -0.2) is 27.9 Å². The summed E-state index contributed by atoms with van der Waals surface area (Å²) in [7, 11) is 0. The lowest BCUT2D eigenvalue weighted by atomic mass is 10.0. The van der Waals surface area contributed by atoms with Crippen molar-refractivity contribution in [3.8, 4) is 11.4 Å². The van der Waals surface area contributed by atoms with Gasteiger partial charge in [-0.25, -0.2) is 0 Å². The molecule has 0 bridgehead atoms. The number of hydrogen-bond donors (Lipinski definition) is 1. The molecule has 0 spiro atoms. The number of halogens is 1. The minimum Gasteiger partial charge on any atom is -0.365 e. The first kappa shape index (κ1) is 15.0. The van der Waals surface area contributed by atoms with Gasteiger partial charge in [0.15, 0.2) is 5.17 Å². The molecule has 1 aromatic carbocycles. The summed E-state index contributed by atoms with van der Waals surface area (Å²) in [5.74, 6) is 2.55. The predicted molar refractivity (Wildman–Crippen MR) is 92.6 cm³/mol. The number of benzene rings is 1. The normalized spacial score (nSPS) is 23.3. The highest BCUT2D eigenvalue weighted by Crippen LogP contribution is 2.31. The molecule has 0 amide bonds. The molecule has 0 saturated heterocycles. The second-order valence-electron chi connectivity index (χ2n) is 5.88. The van der Waals surface area contributed by atoms with Crippen LogP contribution >= 0.6 is 23.4 Å². The largest absolute Gasteiger partial charge is 0.365 e. The Hall–Kier alpha value is -1.53. The van der Waals surface area contributed by atoms with Crippen molar-refractivity contribution >= 4 is 28.5 Å². The number of nitrogens with one attached hydrogen (secondary N) is 1. The highest BCUT2D eigenvalue weighted by atomic mass is 35.5. The molecule has 2 atom stereocenters. The van der Waals surface area contributed by atoms with Gasteiger partial charge in [0.2, 0.25) is 11.7 Å². The third-order valence-electron chi connectivity index (χ3n) is 4.32. The molecule has 120 valence electrons. The van der Waals surface area contributed by atoms with Crippen molar-refractivity contribution in [2.75, 3.05) is 6.54 Å². The molecule has 4 rings (SSSR count). The van der Waals surface area contributed by atoms with Crippen LogP contribution in [0.4, 0.5) is 0 Å². The molecule has 2 heterocycles. The number of amidine groups is 1. The van der Waals surface area contributed by atoms with Crippen molar-refractivity contribution in [1.82, 2.24) is 15.5 Å². The fourth-order valence-corrected chi connectivity index (χ4v) is 3.99. The molecule has 5 nitrogen and oxygen atoms in total. The molecule has 2 aromatic rings. The van der Waals surface area contributed by atoms with E-state index in [4.69, 9.17) is 21.1 Å². The van der Waals surface area contributed by atoms with Gasteiger partial charge in [0, 0.05) is 17.1 Å². The Kier molecular flexibility index (Phi) is 4.27. The third kappa shape index (κ3) is 3.38. The molecule has 1 aromatic heterocycles. The van der Waals surface area contributed by atoms with E-state index < -0.39 is 0 Å². The molecule has 2 aliphatic rings. The van der Waals surface area contributed by atoms with E-state index in [1.54, 1.807) is 11.8 Å². The van der Waals surface area contributed by atoms with Crippen LogP contribution in [0.3, 0.4) is 0 Å². The van der Waals surface area contributed by atoms with E-state index >= 15 is 0 Å². The fourth-order valence-electron chi connectivity index (χ4n) is 3.09. The van der Waals surface area contributed by atoms with E-state index in [-0.39, 0.29) is 0 Å². The van der Waals surface area contributed by atoms with Gasteiger partial charge in [-0.05, 0) is 43.0 Å². The van der Waals surface area contributed by atoms with E-state index in [1.807, 2.05) is 24.3 Å². The molecule has 0 radical (unpaired) electrons. The number of hydrogen-bond acceptors (Lipinski definition) is 6. The minimum atomic E-state index is 0.506. The number of rotatable bonds is 3. The lowest BCUT2D eigenvalue weighted by molar-refractivity contribution is 0.392. The van der Waals surface area contributed by atoms with Crippen LogP contribution in [0.1, 0.15) is 25.2 Å². The van der Waals surface area contributed by atoms with Gasteiger partial charge in [-0.1, -0.05) is 34.9 Å². The van der Waals surface area contributed by atoms with Crippen molar-refractivity contribution in [2.45, 2.75) is 31.1 Å². The number of thioether (sulfide) groups is 1. The van der Waals surface area contributed by atoms with E-state index in [0.717, 1.165) is 23.2 Å². The van der Waals surface area contributed by atoms with Gasteiger partial charge < -0.3 is 9.84 Å². The summed E-state index contributed by atoms with van der Waals surface area (Å²) in [5.41, 5.74) is 0.899. The van der Waals surface area contributed by atoms with Crippen LogP contribution in [0, 0.1) is 5.92 Å². The highest BCUT2D eigenvalue weighted by molar-refractivity contribution is 8.13. The van der Waals surface area contributed by atoms with Crippen LogP contribution < -0.4 is 5.32 Å². The van der Waals surface area contributed by atoms with Gasteiger partial charge in [0.25, 0.3) is 0 Å². The Morgan fingerprint density at radius 3 is 3.00 bits per heavy atom. The van der Waals surface area contributed by atoms with E-state index in [9.17, 15) is 0 Å². The Labute approximate surface area is 143 Å². The number of nitrogens with zero attached hydrogens (tertiary/aromatic N) is 3. The smallest absolute Gasteiger partial charge is 0.237 e. The lowest BCUT2D eigenvalue weighted by Crippen LogP contribution is -2.36. The molecule has 23 heavy (non-hydrogen) atoms. The second kappa shape index (κ2) is 6.53. The van der Waals surface area contributed by atoms with Crippen molar-refractivity contribution < 1.29 is 4.52 Å². The van der Waals surface area contributed by atoms with Crippen molar-refractivity contribution in [3.05, 3.63) is 35.2 Å². The number of aromatic nitrogens is 2. The topological polar surface area (TPSA) is 63.3 Å². The monoisotopic (exact) mass is 348 g/mol. The van der Waals surface area contributed by atoms with Crippen LogP contribution in [0.5, 0.6) is 0 Å². The van der Waals surface area contributed by atoms with Gasteiger partial charge in [-0.2, -0.15) is 4.98 Å². The van der Waals surface area contributed by atoms with Crippen LogP contribution in [-0.2, 0) is 5.75 Å². The SMILES string of the molecule is Clc1ccc(-c2noc(CSC3=N[C@@H]4CCC[C@@H]4CN3)n2)cc1. The molecule has 1 aliphatic carbocycles. The summed E-state index contributed by atoms with van der Waals surface area (Å²) < 4.78 is 5.33.